The number of carboxylic acids is 1. The summed E-state index contributed by atoms with van der Waals surface area (Å²) in [5.74, 6) is -2.13. The van der Waals surface area contributed by atoms with Crippen molar-refractivity contribution in [2.24, 2.45) is 11.3 Å². The first-order chi connectivity index (χ1) is 17.5. The van der Waals surface area contributed by atoms with Crippen LogP contribution in [0.3, 0.4) is 0 Å². The summed E-state index contributed by atoms with van der Waals surface area (Å²) in [6.07, 6.45) is 2.99. The monoisotopic (exact) mass is 531 g/mol. The molecule has 0 aliphatic rings. The van der Waals surface area contributed by atoms with Crippen LogP contribution < -0.4 is 10.6 Å². The number of hydrogen-bond donors (Lipinski definition) is 3. The number of benzene rings is 1. The summed E-state index contributed by atoms with van der Waals surface area (Å²) in [6.45, 7) is 15.3. The van der Waals surface area contributed by atoms with Crippen molar-refractivity contribution in [2.45, 2.75) is 78.9 Å². The summed E-state index contributed by atoms with van der Waals surface area (Å²) in [6, 6.07) is 4.46. The second-order valence-electron chi connectivity index (χ2n) is 11.4. The molecule has 0 spiro atoms. The zero-order valence-electron chi connectivity index (χ0n) is 24.4. The Morgan fingerprint density at radius 3 is 2.00 bits per heavy atom. The lowest BCUT2D eigenvalue weighted by Crippen LogP contribution is -2.61. The van der Waals surface area contributed by atoms with Gasteiger partial charge in [-0.1, -0.05) is 66.7 Å². The first-order valence-electron chi connectivity index (χ1n) is 12.9. The van der Waals surface area contributed by atoms with Gasteiger partial charge in [-0.3, -0.25) is 9.59 Å². The van der Waals surface area contributed by atoms with E-state index in [2.05, 4.69) is 10.6 Å². The minimum Gasteiger partial charge on any atom is -0.478 e. The minimum atomic E-state index is -1.02. The zero-order chi connectivity index (χ0) is 29.4. The van der Waals surface area contributed by atoms with Crippen molar-refractivity contribution >= 4 is 23.8 Å². The highest BCUT2D eigenvalue weighted by molar-refractivity contribution is 5.92. The highest BCUT2D eigenvalue weighted by atomic mass is 16.5. The molecular formula is C29H45N3O6. The van der Waals surface area contributed by atoms with Crippen LogP contribution >= 0.6 is 0 Å². The molecule has 0 saturated carbocycles. The molecule has 0 aliphatic heterocycles. The number of aromatic carboxylic acids is 1. The molecule has 9 nitrogen and oxygen atoms in total. The Balaban J connectivity index is 3.26. The lowest BCUT2D eigenvalue weighted by Gasteiger charge is -2.39. The van der Waals surface area contributed by atoms with Gasteiger partial charge < -0.3 is 25.4 Å². The van der Waals surface area contributed by atoms with Crippen LogP contribution in [0.25, 0.3) is 0 Å². The Hall–Kier alpha value is -3.20. The molecule has 0 aromatic heterocycles. The normalized spacial score (nSPS) is 14.6. The number of likely N-dealkylation sites (N-methyl/N-ethyl adjacent to an activating group) is 2. The van der Waals surface area contributed by atoms with Crippen LogP contribution in [0.4, 0.5) is 0 Å². The molecule has 0 aliphatic carbocycles. The van der Waals surface area contributed by atoms with E-state index in [1.807, 2.05) is 48.5 Å². The fourth-order valence-corrected chi connectivity index (χ4v) is 4.42. The molecular weight excluding hydrogens is 486 g/mol. The van der Waals surface area contributed by atoms with E-state index in [-0.39, 0.29) is 29.9 Å². The van der Waals surface area contributed by atoms with Gasteiger partial charge in [0.05, 0.1) is 24.3 Å². The number of nitrogens with one attached hydrogen (secondary N) is 2. The maximum Gasteiger partial charge on any atom is 0.335 e. The Labute approximate surface area is 227 Å². The summed E-state index contributed by atoms with van der Waals surface area (Å²) in [5, 5.41) is 15.3. The van der Waals surface area contributed by atoms with E-state index in [9.17, 15) is 24.3 Å². The Bertz CT molecular complexity index is 1010. The summed E-state index contributed by atoms with van der Waals surface area (Å²) in [4.78, 5) is 52.1. The summed E-state index contributed by atoms with van der Waals surface area (Å²) in [7, 11) is 3.34. The van der Waals surface area contributed by atoms with Gasteiger partial charge in [-0.05, 0) is 43.0 Å². The summed E-state index contributed by atoms with van der Waals surface area (Å²) < 4.78 is 4.97. The van der Waals surface area contributed by atoms with Crippen molar-refractivity contribution < 1.29 is 29.0 Å². The van der Waals surface area contributed by atoms with Gasteiger partial charge in [-0.2, -0.15) is 0 Å². The van der Waals surface area contributed by atoms with E-state index in [1.54, 1.807) is 44.1 Å². The minimum absolute atomic E-state index is 0.00344. The predicted molar refractivity (Wildman–Crippen MR) is 148 cm³/mol. The molecule has 0 radical (unpaired) electrons. The number of ether oxygens (including phenoxy) is 1. The fraction of sp³-hybridized carbons (Fsp3) is 0.586. The molecule has 0 fully saturated rings. The maximum absolute atomic E-state index is 13.8. The van der Waals surface area contributed by atoms with Crippen molar-refractivity contribution in [2.75, 3.05) is 20.7 Å². The number of carbonyl (C=O) groups excluding carboxylic acids is 3. The highest BCUT2D eigenvalue weighted by Crippen LogP contribution is 2.29. The van der Waals surface area contributed by atoms with Crippen LogP contribution in [0.15, 0.2) is 36.4 Å². The number of carboxylic acid groups (broad SMARTS) is 1. The Morgan fingerprint density at radius 1 is 1.03 bits per heavy atom. The number of esters is 1. The SMILES string of the molecule is CCOC(=O)/C=C/[C@H](C(C)C)N(C)C(=O)[C@@H](NC(=O)C(NC)C(C)(C)c1ccc(C(=O)O)cc1)C(C)(C)C. The second-order valence-corrected chi connectivity index (χ2v) is 11.4. The van der Waals surface area contributed by atoms with Gasteiger partial charge in [0.25, 0.3) is 0 Å². The first-order valence-corrected chi connectivity index (χ1v) is 12.9. The predicted octanol–water partition coefficient (Wildman–Crippen LogP) is 3.38. The topological polar surface area (TPSA) is 125 Å². The Morgan fingerprint density at radius 2 is 1.58 bits per heavy atom. The average molecular weight is 532 g/mol. The Kier molecular flexibility index (Phi) is 11.7. The number of rotatable bonds is 12. The van der Waals surface area contributed by atoms with Gasteiger partial charge in [-0.15, -0.1) is 0 Å². The van der Waals surface area contributed by atoms with Crippen molar-refractivity contribution in [1.82, 2.24) is 15.5 Å². The molecule has 9 heteroatoms. The molecule has 1 unspecified atom stereocenters. The van der Waals surface area contributed by atoms with E-state index in [1.165, 1.54) is 18.2 Å². The second kappa shape index (κ2) is 13.6. The van der Waals surface area contributed by atoms with Crippen LogP contribution in [0.1, 0.15) is 71.3 Å². The number of hydrogen-bond acceptors (Lipinski definition) is 6. The van der Waals surface area contributed by atoms with Crippen molar-refractivity contribution in [3.8, 4) is 0 Å². The molecule has 0 heterocycles. The highest BCUT2D eigenvalue weighted by Gasteiger charge is 2.41. The van der Waals surface area contributed by atoms with Crippen LogP contribution in [0.2, 0.25) is 0 Å². The van der Waals surface area contributed by atoms with E-state index in [0.717, 1.165) is 5.56 Å². The van der Waals surface area contributed by atoms with E-state index >= 15 is 0 Å². The fourth-order valence-electron chi connectivity index (χ4n) is 4.42. The van der Waals surface area contributed by atoms with Crippen LogP contribution in [-0.2, 0) is 24.5 Å². The molecule has 1 aromatic rings. The lowest BCUT2D eigenvalue weighted by molar-refractivity contribution is -0.141. The molecule has 3 N–H and O–H groups in total. The van der Waals surface area contributed by atoms with Gasteiger partial charge in [0.15, 0.2) is 0 Å². The molecule has 212 valence electrons. The van der Waals surface area contributed by atoms with E-state index in [0.29, 0.717) is 0 Å². The van der Waals surface area contributed by atoms with Crippen LogP contribution in [-0.4, -0.2) is 72.6 Å². The lowest BCUT2D eigenvalue weighted by atomic mass is 9.76. The van der Waals surface area contributed by atoms with Gasteiger partial charge in [0.2, 0.25) is 11.8 Å². The van der Waals surface area contributed by atoms with E-state index in [4.69, 9.17) is 4.74 Å². The number of amides is 2. The molecule has 3 atom stereocenters. The third kappa shape index (κ3) is 8.41. The summed E-state index contributed by atoms with van der Waals surface area (Å²) in [5.41, 5.74) is -0.403. The average Bonchev–Trinajstić information content (AvgIpc) is 2.81. The standard InChI is InChI=1S/C29H45N3O6/c1-11-38-22(33)17-16-21(18(2)3)32(10)26(35)24(28(4,5)6)31-25(34)23(30-9)29(7,8)20-14-12-19(13-15-20)27(36)37/h12-18,21,23-24,30H,11H2,1-10H3,(H,31,34)(H,36,37)/b17-16+/t21-,23?,24-/m1/s1. The molecule has 1 aromatic carbocycles. The van der Waals surface area contributed by atoms with Crippen LogP contribution in [0.5, 0.6) is 0 Å². The quantitative estimate of drug-likeness (QED) is 0.279. The third-order valence-electron chi connectivity index (χ3n) is 6.74. The smallest absolute Gasteiger partial charge is 0.335 e. The molecule has 0 bridgehead atoms. The van der Waals surface area contributed by atoms with Gasteiger partial charge in [0, 0.05) is 18.5 Å². The largest absolute Gasteiger partial charge is 0.478 e. The van der Waals surface area contributed by atoms with Gasteiger partial charge in [-0.25, -0.2) is 9.59 Å². The maximum atomic E-state index is 13.8. The molecule has 1 rings (SSSR count). The molecule has 2 amide bonds. The van der Waals surface area contributed by atoms with Gasteiger partial charge in [0.1, 0.15) is 6.04 Å². The zero-order valence-corrected chi connectivity index (χ0v) is 24.4. The van der Waals surface area contributed by atoms with Crippen LogP contribution in [0, 0.1) is 11.3 Å². The van der Waals surface area contributed by atoms with Gasteiger partial charge >= 0.3 is 11.9 Å². The number of nitrogens with zero attached hydrogens (tertiary/aromatic N) is 1. The number of carbonyl (C=O) groups is 4. The molecule has 0 saturated heterocycles. The molecule has 38 heavy (non-hydrogen) atoms. The summed E-state index contributed by atoms with van der Waals surface area (Å²) >= 11 is 0. The first kappa shape index (κ1) is 32.8. The van der Waals surface area contributed by atoms with Crippen molar-refractivity contribution in [3.05, 3.63) is 47.5 Å². The van der Waals surface area contributed by atoms with Crippen molar-refractivity contribution in [3.63, 3.8) is 0 Å². The van der Waals surface area contributed by atoms with Crippen molar-refractivity contribution in [1.29, 1.82) is 0 Å². The van der Waals surface area contributed by atoms with E-state index < -0.39 is 40.9 Å². The third-order valence-corrected chi connectivity index (χ3v) is 6.74.